The molecule has 1 heterocycles. The van der Waals surface area contributed by atoms with Gasteiger partial charge in [-0.2, -0.15) is 0 Å². The van der Waals surface area contributed by atoms with Gasteiger partial charge in [-0.05, 0) is 24.1 Å². The van der Waals surface area contributed by atoms with Crippen molar-refractivity contribution in [3.63, 3.8) is 0 Å². The largest absolute Gasteiger partial charge is 0.475 e. The third kappa shape index (κ3) is 3.09. The van der Waals surface area contributed by atoms with Gasteiger partial charge in [-0.25, -0.2) is 14.9 Å². The molecule has 0 radical (unpaired) electrons. The van der Waals surface area contributed by atoms with Crippen LogP contribution in [0.4, 0.5) is 4.39 Å². The predicted octanol–water partition coefficient (Wildman–Crippen LogP) is 0.697. The molecule has 1 aliphatic rings. The molecule has 0 aliphatic carbocycles. The molecular weight excluding hydrogens is 279 g/mol. The van der Waals surface area contributed by atoms with Gasteiger partial charge in [-0.15, -0.1) is 6.58 Å². The monoisotopic (exact) mass is 294 g/mol. The maximum Gasteiger partial charge on any atom is 0.271 e. The molecule has 7 heteroatoms. The number of aliphatic hydroxyl groups excluding tert-OH is 1. The second-order valence-electron chi connectivity index (χ2n) is 4.48. The molecule has 0 aromatic heterocycles. The van der Waals surface area contributed by atoms with Gasteiger partial charge in [0.15, 0.2) is 6.04 Å². The molecule has 112 valence electrons. The number of carbonyl (C=O) groups is 1. The van der Waals surface area contributed by atoms with Gasteiger partial charge in [0, 0.05) is 11.1 Å². The zero-order valence-corrected chi connectivity index (χ0v) is 11.2. The van der Waals surface area contributed by atoms with Crippen LogP contribution in [-0.4, -0.2) is 34.8 Å². The van der Waals surface area contributed by atoms with Gasteiger partial charge < -0.3 is 9.84 Å². The summed E-state index contributed by atoms with van der Waals surface area (Å²) in [7, 11) is 0. The maximum atomic E-state index is 14.0. The first-order valence-electron chi connectivity index (χ1n) is 6.28. The Morgan fingerprint density at radius 1 is 1.62 bits per heavy atom. The fraction of sp³-hybridized carbons (Fsp3) is 0.286. The predicted molar refractivity (Wildman–Crippen MR) is 72.4 cm³/mol. The Morgan fingerprint density at radius 2 is 2.38 bits per heavy atom. The van der Waals surface area contributed by atoms with Crippen molar-refractivity contribution in [2.24, 2.45) is 4.99 Å². The highest BCUT2D eigenvalue weighted by atomic mass is 19.1. The van der Waals surface area contributed by atoms with Crippen molar-refractivity contribution in [1.82, 2.24) is 5.48 Å². The van der Waals surface area contributed by atoms with Crippen molar-refractivity contribution in [3.8, 4) is 0 Å². The zero-order chi connectivity index (χ0) is 15.4. The minimum Gasteiger partial charge on any atom is -0.475 e. The Balaban J connectivity index is 2.37. The van der Waals surface area contributed by atoms with Gasteiger partial charge in [0.05, 0.1) is 6.61 Å². The maximum absolute atomic E-state index is 14.0. The van der Waals surface area contributed by atoms with E-state index >= 15 is 0 Å². The number of aliphatic hydroxyl groups is 1. The van der Waals surface area contributed by atoms with Gasteiger partial charge in [-0.1, -0.05) is 6.08 Å². The van der Waals surface area contributed by atoms with Crippen LogP contribution in [0.2, 0.25) is 0 Å². The molecule has 1 atom stereocenters. The molecule has 6 nitrogen and oxygen atoms in total. The average molecular weight is 294 g/mol. The standard InChI is InChI=1S/C14H15FN2O4/c1-2-3-8-4-9(5-11(15)10(8)6-18)14-16-12(7-21-14)13(19)17-20/h2,4-5,12,18,20H,1,3,6-7H2,(H,17,19). The lowest BCUT2D eigenvalue weighted by Crippen LogP contribution is -2.31. The molecule has 1 aromatic rings. The van der Waals surface area contributed by atoms with Crippen molar-refractivity contribution >= 4 is 11.8 Å². The molecule has 3 N–H and O–H groups in total. The quantitative estimate of drug-likeness (QED) is 0.423. The van der Waals surface area contributed by atoms with Crippen molar-refractivity contribution in [2.75, 3.05) is 6.61 Å². The normalized spacial score (nSPS) is 17.1. The lowest BCUT2D eigenvalue weighted by Gasteiger charge is -2.10. The van der Waals surface area contributed by atoms with E-state index in [4.69, 9.17) is 9.94 Å². The summed E-state index contributed by atoms with van der Waals surface area (Å²) in [5.74, 6) is -1.14. The number of halogens is 1. The van der Waals surface area contributed by atoms with Crippen LogP contribution in [0.15, 0.2) is 29.8 Å². The lowest BCUT2D eigenvalue weighted by atomic mass is 10.0. The van der Waals surface area contributed by atoms with Crippen LogP contribution in [0, 0.1) is 5.82 Å². The highest BCUT2D eigenvalue weighted by Crippen LogP contribution is 2.21. The van der Waals surface area contributed by atoms with Crippen molar-refractivity contribution in [1.29, 1.82) is 0 Å². The van der Waals surface area contributed by atoms with E-state index in [1.165, 1.54) is 11.5 Å². The Hall–Kier alpha value is -2.25. The topological polar surface area (TPSA) is 91.2 Å². The number of aliphatic imine (C=N–C) groups is 1. The number of ether oxygens (including phenoxy) is 1. The van der Waals surface area contributed by atoms with Crippen LogP contribution >= 0.6 is 0 Å². The van der Waals surface area contributed by atoms with Gasteiger partial charge >= 0.3 is 0 Å². The lowest BCUT2D eigenvalue weighted by molar-refractivity contribution is -0.130. The third-order valence-electron chi connectivity index (χ3n) is 3.12. The first-order chi connectivity index (χ1) is 10.1. The molecule has 1 unspecified atom stereocenters. The summed E-state index contributed by atoms with van der Waals surface area (Å²) in [6, 6.07) is 1.96. The van der Waals surface area contributed by atoms with E-state index in [1.807, 2.05) is 0 Å². The number of nitrogens with zero attached hydrogens (tertiary/aromatic N) is 1. The fourth-order valence-corrected chi connectivity index (χ4v) is 2.07. The minimum atomic E-state index is -0.867. The smallest absolute Gasteiger partial charge is 0.271 e. The number of benzene rings is 1. The van der Waals surface area contributed by atoms with E-state index < -0.39 is 24.4 Å². The number of hydrogen-bond acceptors (Lipinski definition) is 5. The van der Waals surface area contributed by atoms with E-state index in [1.54, 1.807) is 12.1 Å². The molecular formula is C14H15FN2O4. The molecule has 1 aliphatic heterocycles. The van der Waals surface area contributed by atoms with Crippen LogP contribution in [0.3, 0.4) is 0 Å². The van der Waals surface area contributed by atoms with Gasteiger partial charge in [0.25, 0.3) is 5.91 Å². The third-order valence-corrected chi connectivity index (χ3v) is 3.12. The Kier molecular flexibility index (Phi) is 4.66. The van der Waals surface area contributed by atoms with Crippen LogP contribution in [0.25, 0.3) is 0 Å². The SMILES string of the molecule is C=CCc1cc(C2=NC(C(=O)NO)CO2)cc(F)c1CO. The van der Waals surface area contributed by atoms with E-state index in [-0.39, 0.29) is 18.1 Å². The molecule has 2 rings (SSSR count). The molecule has 0 saturated carbocycles. The van der Waals surface area contributed by atoms with Crippen LogP contribution < -0.4 is 5.48 Å². The number of hydrogen-bond donors (Lipinski definition) is 3. The summed E-state index contributed by atoms with van der Waals surface area (Å²) in [6.07, 6.45) is 1.98. The molecule has 21 heavy (non-hydrogen) atoms. The second-order valence-corrected chi connectivity index (χ2v) is 4.48. The van der Waals surface area contributed by atoms with E-state index in [9.17, 15) is 14.3 Å². The molecule has 0 bridgehead atoms. The number of hydroxylamine groups is 1. The summed E-state index contributed by atoms with van der Waals surface area (Å²) >= 11 is 0. The van der Waals surface area contributed by atoms with Gasteiger partial charge in [-0.3, -0.25) is 10.0 Å². The molecule has 1 aromatic carbocycles. The Morgan fingerprint density at radius 3 is 3.00 bits per heavy atom. The summed E-state index contributed by atoms with van der Waals surface area (Å²) in [6.45, 7) is 3.14. The summed E-state index contributed by atoms with van der Waals surface area (Å²) in [5, 5.41) is 17.8. The highest BCUT2D eigenvalue weighted by molar-refractivity contribution is 5.98. The average Bonchev–Trinajstić information content (AvgIpc) is 2.96. The van der Waals surface area contributed by atoms with Crippen molar-refractivity contribution < 1.29 is 24.2 Å². The van der Waals surface area contributed by atoms with E-state index in [2.05, 4.69) is 11.6 Å². The molecule has 0 fully saturated rings. The minimum absolute atomic E-state index is 0.0259. The second kappa shape index (κ2) is 6.47. The number of allylic oxidation sites excluding steroid dienone is 1. The van der Waals surface area contributed by atoms with E-state index in [0.717, 1.165) is 0 Å². The van der Waals surface area contributed by atoms with Crippen LogP contribution in [-0.2, 0) is 22.6 Å². The molecule has 0 spiro atoms. The zero-order valence-electron chi connectivity index (χ0n) is 11.2. The highest BCUT2D eigenvalue weighted by Gasteiger charge is 2.27. The summed E-state index contributed by atoms with van der Waals surface area (Å²) in [4.78, 5) is 15.3. The Labute approximate surface area is 120 Å². The fourth-order valence-electron chi connectivity index (χ4n) is 2.07. The number of amides is 1. The van der Waals surface area contributed by atoms with Crippen LogP contribution in [0.1, 0.15) is 16.7 Å². The van der Waals surface area contributed by atoms with E-state index in [0.29, 0.717) is 17.5 Å². The molecule has 0 saturated heterocycles. The first kappa shape index (κ1) is 15.1. The number of carbonyl (C=O) groups excluding carboxylic acids is 1. The van der Waals surface area contributed by atoms with Crippen molar-refractivity contribution in [2.45, 2.75) is 19.1 Å². The summed E-state index contributed by atoms with van der Waals surface area (Å²) in [5.41, 5.74) is 2.63. The number of nitrogens with one attached hydrogen (secondary N) is 1. The Bertz CT molecular complexity index is 601. The van der Waals surface area contributed by atoms with Gasteiger partial charge in [0.2, 0.25) is 5.90 Å². The number of rotatable bonds is 5. The van der Waals surface area contributed by atoms with Gasteiger partial charge in [0.1, 0.15) is 12.4 Å². The molecule has 1 amide bonds. The first-order valence-corrected chi connectivity index (χ1v) is 6.28. The van der Waals surface area contributed by atoms with Crippen LogP contribution in [0.5, 0.6) is 0 Å². The van der Waals surface area contributed by atoms with Crippen molar-refractivity contribution in [3.05, 3.63) is 47.3 Å². The summed E-state index contributed by atoms with van der Waals surface area (Å²) < 4.78 is 19.2.